The second kappa shape index (κ2) is 9.89. The van der Waals surface area contributed by atoms with Crippen molar-refractivity contribution in [2.24, 2.45) is 16.6 Å². The minimum Gasteiger partial charge on any atom is -0.370 e. The summed E-state index contributed by atoms with van der Waals surface area (Å²) in [5, 5.41) is 2.82. The lowest BCUT2D eigenvalue weighted by atomic mass is 10.3. The number of carbonyl (C=O) groups excluding carboxylic acids is 1. The number of aliphatic imine (C=N–C) groups is 1. The summed E-state index contributed by atoms with van der Waals surface area (Å²) in [6, 6.07) is 1.43. The molecule has 1 aromatic heterocycles. The van der Waals surface area contributed by atoms with Gasteiger partial charge in [0.05, 0.1) is 0 Å². The normalized spacial score (nSPS) is 12.1. The zero-order valence-electron chi connectivity index (χ0n) is 12.3. The van der Waals surface area contributed by atoms with Crippen LogP contribution in [0.5, 0.6) is 0 Å². The molecule has 24 heavy (non-hydrogen) atoms. The van der Waals surface area contributed by atoms with E-state index in [9.17, 15) is 18.0 Å². The Bertz CT molecular complexity index is 571. The number of thioether (sulfide) groups is 1. The smallest absolute Gasteiger partial charge is 0.370 e. The van der Waals surface area contributed by atoms with Gasteiger partial charge in [-0.3, -0.25) is 4.79 Å². The van der Waals surface area contributed by atoms with Crippen molar-refractivity contribution in [1.82, 2.24) is 15.6 Å². The van der Waals surface area contributed by atoms with Crippen molar-refractivity contribution in [1.29, 1.82) is 0 Å². The van der Waals surface area contributed by atoms with E-state index in [2.05, 4.69) is 25.1 Å². The first-order valence-corrected chi connectivity index (χ1v) is 7.53. The van der Waals surface area contributed by atoms with Gasteiger partial charge in [-0.15, -0.1) is 0 Å². The van der Waals surface area contributed by atoms with Gasteiger partial charge in [0.25, 0.3) is 0 Å². The molecule has 0 fully saturated rings. The average molecular weight is 367 g/mol. The lowest BCUT2D eigenvalue weighted by molar-refractivity contribution is -0.151. The zero-order valence-corrected chi connectivity index (χ0v) is 13.2. The number of anilines is 1. The lowest BCUT2D eigenvalue weighted by Crippen LogP contribution is -2.26. The molecule has 13 heteroatoms. The number of hydrazine groups is 1. The molecule has 0 aliphatic heterocycles. The summed E-state index contributed by atoms with van der Waals surface area (Å²) in [6.45, 7) is -1.38. The fourth-order valence-corrected chi connectivity index (χ4v) is 2.09. The molecule has 0 spiro atoms. The minimum atomic E-state index is -4.43. The number of halogens is 3. The highest BCUT2D eigenvalue weighted by atomic mass is 32.2. The van der Waals surface area contributed by atoms with E-state index in [-0.39, 0.29) is 12.2 Å². The topological polar surface area (TPSA) is 141 Å². The van der Waals surface area contributed by atoms with E-state index in [1.54, 1.807) is 5.59 Å². The van der Waals surface area contributed by atoms with E-state index in [4.69, 9.17) is 11.6 Å². The highest BCUT2D eigenvalue weighted by Gasteiger charge is 2.26. The maximum atomic E-state index is 12.0. The largest absolute Gasteiger partial charge is 0.408 e. The van der Waals surface area contributed by atoms with Crippen LogP contribution in [-0.2, 0) is 9.63 Å². The molecule has 0 unspecified atom stereocenters. The molecule has 1 aromatic rings. The number of nitrogens with two attached hydrogens (primary N) is 2. The fraction of sp³-hybridized carbons (Fsp3) is 0.455. The van der Waals surface area contributed by atoms with Crippen LogP contribution in [0.1, 0.15) is 12.8 Å². The fourth-order valence-electron chi connectivity index (χ4n) is 1.32. The van der Waals surface area contributed by atoms with Crippen LogP contribution < -0.4 is 22.5 Å². The first-order valence-electron chi connectivity index (χ1n) is 6.55. The van der Waals surface area contributed by atoms with Gasteiger partial charge in [0.1, 0.15) is 12.4 Å². The van der Waals surface area contributed by atoms with Crippen molar-refractivity contribution in [2.45, 2.75) is 24.2 Å². The van der Waals surface area contributed by atoms with E-state index in [0.29, 0.717) is 17.3 Å². The van der Waals surface area contributed by atoms with Crippen molar-refractivity contribution in [3.8, 4) is 0 Å². The summed E-state index contributed by atoms with van der Waals surface area (Å²) in [4.78, 5) is 26.6. The molecule has 0 bridgehead atoms. The zero-order chi connectivity index (χ0) is 18.0. The molecule has 0 atom stereocenters. The molecule has 9 nitrogen and oxygen atoms in total. The van der Waals surface area contributed by atoms with Gasteiger partial charge in [0.2, 0.25) is 0 Å². The number of guanidine groups is 1. The third kappa shape index (κ3) is 9.12. The highest BCUT2D eigenvalue weighted by Crippen LogP contribution is 2.17. The second-order valence-corrected chi connectivity index (χ2v) is 5.27. The van der Waals surface area contributed by atoms with Crippen LogP contribution >= 0.6 is 11.8 Å². The highest BCUT2D eigenvalue weighted by molar-refractivity contribution is 7.99. The van der Waals surface area contributed by atoms with Crippen LogP contribution in [-0.4, -0.2) is 40.4 Å². The molecule has 1 heterocycles. The van der Waals surface area contributed by atoms with E-state index in [0.717, 1.165) is 0 Å². The molecular weight excluding hydrogens is 351 g/mol. The van der Waals surface area contributed by atoms with Crippen molar-refractivity contribution in [2.75, 3.05) is 17.6 Å². The molecule has 1 rings (SSSR count). The summed E-state index contributed by atoms with van der Waals surface area (Å²) >= 11 is 1.26. The summed E-state index contributed by atoms with van der Waals surface area (Å²) in [5.74, 6) is 4.66. The van der Waals surface area contributed by atoms with E-state index in [1.165, 1.54) is 24.0 Å². The number of alkyl halides is 3. The first-order chi connectivity index (χ1) is 11.3. The van der Waals surface area contributed by atoms with Gasteiger partial charge in [0.15, 0.2) is 11.1 Å². The molecule has 0 saturated carbocycles. The third-order valence-electron chi connectivity index (χ3n) is 2.25. The van der Waals surface area contributed by atoms with Crippen LogP contribution in [0, 0.1) is 0 Å². The van der Waals surface area contributed by atoms with Crippen molar-refractivity contribution in [3.63, 3.8) is 0 Å². The van der Waals surface area contributed by atoms with Crippen LogP contribution in [0.25, 0.3) is 0 Å². The Labute approximate surface area is 139 Å². The van der Waals surface area contributed by atoms with Gasteiger partial charge in [0, 0.05) is 18.4 Å². The monoisotopic (exact) mass is 367 g/mol. The Hall–Kier alpha value is -2.12. The number of nitrogens with one attached hydrogen (secondary N) is 2. The van der Waals surface area contributed by atoms with Crippen molar-refractivity contribution >= 4 is 29.5 Å². The summed E-state index contributed by atoms with van der Waals surface area (Å²) in [6.07, 6.45) is -2.35. The number of aromatic nitrogens is 2. The van der Waals surface area contributed by atoms with Crippen LogP contribution in [0.15, 0.2) is 22.4 Å². The van der Waals surface area contributed by atoms with Gasteiger partial charge in [-0.25, -0.2) is 20.8 Å². The second-order valence-electron chi connectivity index (χ2n) is 4.21. The van der Waals surface area contributed by atoms with Crippen LogP contribution in [0.2, 0.25) is 0 Å². The third-order valence-corrected chi connectivity index (χ3v) is 3.20. The van der Waals surface area contributed by atoms with Crippen LogP contribution in [0.4, 0.5) is 19.0 Å². The van der Waals surface area contributed by atoms with Gasteiger partial charge in [-0.2, -0.15) is 13.2 Å². The van der Waals surface area contributed by atoms with Gasteiger partial charge in [-0.1, -0.05) is 17.4 Å². The molecule has 0 amide bonds. The number of nitrogens with zero attached hydrogens (tertiary/aromatic N) is 3. The number of hydrogen-bond acceptors (Lipinski definition) is 8. The van der Waals surface area contributed by atoms with Gasteiger partial charge in [-0.05, 0) is 12.5 Å². The standard InChI is InChI=1S/C11H16F3N7O2S/c12-11(13,14)6-18-9(15)19-7-3-4-17-10(20-7)24-5-1-2-8(22)23-21-16/h3-4,21H,1-2,5-6,16H2,(H3,15,17,18,19,20). The van der Waals surface area contributed by atoms with Crippen LogP contribution in [0.3, 0.4) is 0 Å². The predicted octanol–water partition coefficient (Wildman–Crippen LogP) is 0.559. The summed E-state index contributed by atoms with van der Waals surface area (Å²) in [7, 11) is 0. The van der Waals surface area contributed by atoms with E-state index in [1.807, 2.05) is 0 Å². The maximum absolute atomic E-state index is 12.0. The maximum Gasteiger partial charge on any atom is 0.408 e. The number of hydrogen-bond donors (Lipinski definition) is 4. The Balaban J connectivity index is 2.44. The molecule has 0 saturated heterocycles. The number of rotatable bonds is 8. The summed E-state index contributed by atoms with van der Waals surface area (Å²) in [5.41, 5.74) is 7.14. The molecule has 0 radical (unpaired) electrons. The molecule has 0 aliphatic carbocycles. The predicted molar refractivity (Wildman–Crippen MR) is 81.6 cm³/mol. The van der Waals surface area contributed by atoms with Crippen molar-refractivity contribution < 1.29 is 22.8 Å². The Kier molecular flexibility index (Phi) is 8.21. The molecule has 6 N–H and O–H groups in total. The van der Waals surface area contributed by atoms with Gasteiger partial charge < -0.3 is 15.9 Å². The molecule has 134 valence electrons. The Morgan fingerprint density at radius 1 is 1.46 bits per heavy atom. The quantitative estimate of drug-likeness (QED) is 0.0986. The Morgan fingerprint density at radius 3 is 2.88 bits per heavy atom. The SMILES string of the molecule is NNOC(=O)CCCSc1nccc(NC(N)=NCC(F)(F)F)n1. The molecular formula is C11H16F3N7O2S. The average Bonchev–Trinajstić information content (AvgIpc) is 2.50. The molecule has 0 aromatic carbocycles. The first kappa shape index (κ1) is 19.9. The van der Waals surface area contributed by atoms with E-state index < -0.39 is 24.6 Å². The van der Waals surface area contributed by atoms with Crippen molar-refractivity contribution in [3.05, 3.63) is 12.3 Å². The molecule has 0 aliphatic rings. The lowest BCUT2D eigenvalue weighted by Gasteiger charge is -2.07. The summed E-state index contributed by atoms with van der Waals surface area (Å²) < 4.78 is 36.1. The number of carbonyl (C=O) groups is 1. The Morgan fingerprint density at radius 2 is 2.21 bits per heavy atom. The minimum absolute atomic E-state index is 0.159. The van der Waals surface area contributed by atoms with Gasteiger partial charge >= 0.3 is 12.1 Å². The van der Waals surface area contributed by atoms with E-state index >= 15 is 0 Å².